The lowest BCUT2D eigenvalue weighted by Gasteiger charge is -2.31. The second-order valence-electron chi connectivity index (χ2n) is 7.80. The molecule has 4 rings (SSSR count). The molecule has 0 saturated heterocycles. The number of rotatable bonds is 5. The molecule has 6 nitrogen and oxygen atoms in total. The first-order valence-corrected chi connectivity index (χ1v) is 12.1. The number of nitrogens with one attached hydrogen (secondary N) is 1. The molecule has 3 aromatic rings. The summed E-state index contributed by atoms with van der Waals surface area (Å²) < 4.78 is 33.8. The summed E-state index contributed by atoms with van der Waals surface area (Å²) in [5.41, 5.74) is 3.86. The van der Waals surface area contributed by atoms with Crippen LogP contribution in [0.1, 0.15) is 27.0 Å². The second kappa shape index (κ2) is 8.92. The molecule has 1 aliphatic heterocycles. The predicted octanol–water partition coefficient (Wildman–Crippen LogP) is 5.45. The number of hydrogen-bond acceptors (Lipinski definition) is 5. The number of Topliss-reactive ketones (excluding diaryl/α,β-unsaturated/α-hetero) is 1. The number of carbonyl (C=O) groups is 1. The SMILES string of the molecule is COc1cc(Cl)c(C)cc1N/C=C1\C(=O)c2ccccc2N(Cc2ccc(C)cc2)S1(=O)=O. The average Bonchev–Trinajstić information content (AvgIpc) is 2.79. The van der Waals surface area contributed by atoms with Crippen molar-refractivity contribution in [3.63, 3.8) is 0 Å². The van der Waals surface area contributed by atoms with Gasteiger partial charge < -0.3 is 10.1 Å². The maximum atomic E-state index is 13.6. The minimum atomic E-state index is -4.13. The molecule has 0 spiro atoms. The number of anilines is 2. The molecule has 0 fully saturated rings. The lowest BCUT2D eigenvalue weighted by atomic mass is 10.1. The molecule has 0 radical (unpaired) electrons. The number of carbonyl (C=O) groups excluding carboxylic acids is 1. The van der Waals surface area contributed by atoms with Crippen molar-refractivity contribution in [2.24, 2.45) is 0 Å². The highest BCUT2D eigenvalue weighted by Crippen LogP contribution is 2.37. The zero-order valence-electron chi connectivity index (χ0n) is 18.4. The zero-order chi connectivity index (χ0) is 23.8. The molecular weight excluding hydrogens is 460 g/mol. The number of aryl methyl sites for hydroxylation is 2. The Morgan fingerprint density at radius 1 is 1.06 bits per heavy atom. The summed E-state index contributed by atoms with van der Waals surface area (Å²) in [6.07, 6.45) is 1.22. The summed E-state index contributed by atoms with van der Waals surface area (Å²) in [6.45, 7) is 3.89. The minimum absolute atomic E-state index is 0.105. The lowest BCUT2D eigenvalue weighted by Crippen LogP contribution is -2.39. The van der Waals surface area contributed by atoms with Crippen LogP contribution in [-0.4, -0.2) is 21.3 Å². The van der Waals surface area contributed by atoms with Crippen LogP contribution in [0, 0.1) is 13.8 Å². The molecule has 0 aromatic heterocycles. The van der Waals surface area contributed by atoms with E-state index in [-0.39, 0.29) is 11.4 Å². The summed E-state index contributed by atoms with van der Waals surface area (Å²) in [7, 11) is -2.64. The van der Waals surface area contributed by atoms with Gasteiger partial charge in [0, 0.05) is 22.9 Å². The van der Waals surface area contributed by atoms with Crippen LogP contribution in [0.15, 0.2) is 71.8 Å². The smallest absolute Gasteiger partial charge is 0.270 e. The molecule has 0 saturated carbocycles. The van der Waals surface area contributed by atoms with Gasteiger partial charge in [0.1, 0.15) is 5.75 Å². The molecule has 0 unspecified atom stereocenters. The van der Waals surface area contributed by atoms with Crippen molar-refractivity contribution in [1.29, 1.82) is 0 Å². The predicted molar refractivity (Wildman–Crippen MR) is 132 cm³/mol. The molecule has 33 heavy (non-hydrogen) atoms. The third-order valence-corrected chi connectivity index (χ3v) is 7.67. The van der Waals surface area contributed by atoms with Crippen LogP contribution >= 0.6 is 11.6 Å². The highest BCUT2D eigenvalue weighted by atomic mass is 35.5. The van der Waals surface area contributed by atoms with E-state index in [9.17, 15) is 13.2 Å². The number of methoxy groups -OCH3 is 1. The number of para-hydroxylation sites is 1. The molecule has 0 aliphatic carbocycles. The van der Waals surface area contributed by atoms with Gasteiger partial charge in [-0.1, -0.05) is 53.6 Å². The Bertz CT molecular complexity index is 1370. The van der Waals surface area contributed by atoms with Gasteiger partial charge in [0.15, 0.2) is 4.91 Å². The number of sulfonamides is 1. The van der Waals surface area contributed by atoms with E-state index in [1.54, 1.807) is 36.4 Å². The van der Waals surface area contributed by atoms with Crippen LogP contribution in [0.25, 0.3) is 0 Å². The van der Waals surface area contributed by atoms with Crippen LogP contribution in [0.5, 0.6) is 5.75 Å². The molecule has 1 heterocycles. The van der Waals surface area contributed by atoms with Gasteiger partial charge in [-0.05, 0) is 43.2 Å². The summed E-state index contributed by atoms with van der Waals surface area (Å²) in [5, 5.41) is 3.46. The van der Waals surface area contributed by atoms with Gasteiger partial charge in [-0.3, -0.25) is 9.10 Å². The van der Waals surface area contributed by atoms with Gasteiger partial charge in [-0.15, -0.1) is 0 Å². The first kappa shape index (κ1) is 22.9. The number of benzene rings is 3. The van der Waals surface area contributed by atoms with Crippen LogP contribution in [0.3, 0.4) is 0 Å². The topological polar surface area (TPSA) is 75.7 Å². The quantitative estimate of drug-likeness (QED) is 0.489. The van der Waals surface area contributed by atoms with E-state index in [4.69, 9.17) is 16.3 Å². The minimum Gasteiger partial charge on any atom is -0.495 e. The van der Waals surface area contributed by atoms with Crippen LogP contribution in [-0.2, 0) is 16.6 Å². The van der Waals surface area contributed by atoms with Crippen molar-refractivity contribution >= 4 is 38.8 Å². The van der Waals surface area contributed by atoms with Crippen molar-refractivity contribution in [2.75, 3.05) is 16.7 Å². The third-order valence-electron chi connectivity index (χ3n) is 5.50. The first-order chi connectivity index (χ1) is 15.7. The number of ketones is 1. The van der Waals surface area contributed by atoms with E-state index in [0.29, 0.717) is 27.7 Å². The van der Waals surface area contributed by atoms with Gasteiger partial charge in [0.25, 0.3) is 10.0 Å². The Labute approximate surface area is 198 Å². The van der Waals surface area contributed by atoms with Crippen molar-refractivity contribution < 1.29 is 17.9 Å². The summed E-state index contributed by atoms with van der Waals surface area (Å²) in [5.74, 6) is -0.136. The highest BCUT2D eigenvalue weighted by Gasteiger charge is 2.40. The number of halogens is 1. The summed E-state index contributed by atoms with van der Waals surface area (Å²) >= 11 is 6.16. The second-order valence-corrected chi connectivity index (χ2v) is 10.0. The van der Waals surface area contributed by atoms with Gasteiger partial charge in [0.05, 0.1) is 25.0 Å². The van der Waals surface area contributed by atoms with Gasteiger partial charge in [0.2, 0.25) is 5.78 Å². The first-order valence-electron chi connectivity index (χ1n) is 10.2. The Morgan fingerprint density at radius 2 is 1.76 bits per heavy atom. The molecule has 0 bridgehead atoms. The number of nitrogens with zero attached hydrogens (tertiary/aromatic N) is 1. The Kier molecular flexibility index (Phi) is 6.19. The van der Waals surface area contributed by atoms with E-state index < -0.39 is 15.8 Å². The van der Waals surface area contributed by atoms with Crippen molar-refractivity contribution in [3.8, 4) is 5.75 Å². The fourth-order valence-corrected chi connectivity index (χ4v) is 5.32. The van der Waals surface area contributed by atoms with Crippen LogP contribution in [0.4, 0.5) is 11.4 Å². The number of hydrogen-bond donors (Lipinski definition) is 1. The number of fused-ring (bicyclic) bond motifs is 1. The van der Waals surface area contributed by atoms with Gasteiger partial charge in [-0.2, -0.15) is 0 Å². The Balaban J connectivity index is 1.79. The Morgan fingerprint density at radius 3 is 2.45 bits per heavy atom. The third kappa shape index (κ3) is 4.34. The monoisotopic (exact) mass is 482 g/mol. The normalized spacial score (nSPS) is 15.9. The summed E-state index contributed by atoms with van der Waals surface area (Å²) in [4.78, 5) is 12.9. The maximum Gasteiger partial charge on any atom is 0.270 e. The van der Waals surface area contributed by atoms with Crippen molar-refractivity contribution in [1.82, 2.24) is 0 Å². The zero-order valence-corrected chi connectivity index (χ0v) is 20.0. The number of ether oxygens (including phenoxy) is 1. The molecule has 1 N–H and O–H groups in total. The van der Waals surface area contributed by atoms with Crippen molar-refractivity contribution in [3.05, 3.63) is 99.0 Å². The van der Waals surface area contributed by atoms with Gasteiger partial charge >= 0.3 is 0 Å². The molecule has 0 amide bonds. The summed E-state index contributed by atoms with van der Waals surface area (Å²) in [6, 6.07) is 17.7. The molecular formula is C25H23ClN2O4S. The van der Waals surface area contributed by atoms with Crippen LogP contribution in [0.2, 0.25) is 5.02 Å². The maximum absolute atomic E-state index is 13.6. The fraction of sp³-hybridized carbons (Fsp3) is 0.160. The van der Waals surface area contributed by atoms with Crippen molar-refractivity contribution in [2.45, 2.75) is 20.4 Å². The lowest BCUT2D eigenvalue weighted by molar-refractivity contribution is 0.104. The largest absolute Gasteiger partial charge is 0.495 e. The fourth-order valence-electron chi connectivity index (χ4n) is 3.64. The van der Waals surface area contributed by atoms with E-state index in [1.165, 1.54) is 17.6 Å². The van der Waals surface area contributed by atoms with E-state index >= 15 is 0 Å². The van der Waals surface area contributed by atoms with E-state index in [0.717, 1.165) is 16.7 Å². The molecule has 1 aliphatic rings. The Hall–Kier alpha value is -3.29. The van der Waals surface area contributed by atoms with E-state index in [1.807, 2.05) is 38.1 Å². The molecule has 3 aromatic carbocycles. The standard InChI is InChI=1S/C25H23ClN2O4S/c1-16-8-10-18(11-9-16)15-28-22-7-5-4-6-19(22)25(29)24(33(28,30)31)14-27-21-12-17(2)20(26)13-23(21)32-3/h4-14,27H,15H2,1-3H3/b24-14+. The van der Waals surface area contributed by atoms with E-state index in [2.05, 4.69) is 5.32 Å². The van der Waals surface area contributed by atoms with Gasteiger partial charge in [-0.25, -0.2) is 8.42 Å². The molecule has 0 atom stereocenters. The average molecular weight is 483 g/mol. The number of allylic oxidation sites excluding steroid dienone is 1. The highest BCUT2D eigenvalue weighted by molar-refractivity contribution is 7.97. The van der Waals surface area contributed by atoms with Crippen LogP contribution < -0.4 is 14.4 Å². The molecule has 170 valence electrons. The molecule has 8 heteroatoms.